The molecule has 0 atom stereocenters. The Bertz CT molecular complexity index is 950. The minimum atomic E-state index is -3.39. The number of fused-ring (bicyclic) bond motifs is 1. The van der Waals surface area contributed by atoms with E-state index in [-0.39, 0.29) is 36.3 Å². The molecule has 9 heteroatoms. The second-order valence-electron chi connectivity index (χ2n) is 6.43. The Balaban J connectivity index is 0.00000300. The summed E-state index contributed by atoms with van der Waals surface area (Å²) in [5, 5.41) is 6.26. The molecule has 0 fully saturated rings. The predicted molar refractivity (Wildman–Crippen MR) is 128 cm³/mol. The highest BCUT2D eigenvalue weighted by molar-refractivity contribution is 14.0. The molecule has 0 bridgehead atoms. The van der Waals surface area contributed by atoms with Gasteiger partial charge < -0.3 is 15.4 Å². The standard InChI is InChI=1S/C20H26N4O3S.HI/c1-21-20(23-15-17-8-4-6-10-19(17)27-2)22-12-14-28(25,26)24-13-11-16-7-3-5-9-18(16)24;/h3-10H,11-15H2,1-2H3,(H2,21,22,23);1H. The van der Waals surface area contributed by atoms with Crippen LogP contribution in [0.2, 0.25) is 0 Å². The smallest absolute Gasteiger partial charge is 0.236 e. The van der Waals surface area contributed by atoms with Crippen molar-refractivity contribution in [2.75, 3.05) is 37.3 Å². The molecule has 3 rings (SSSR count). The summed E-state index contributed by atoms with van der Waals surface area (Å²) in [6.45, 7) is 1.30. The fraction of sp³-hybridized carbons (Fsp3) is 0.350. The van der Waals surface area contributed by atoms with Gasteiger partial charge in [-0.1, -0.05) is 36.4 Å². The number of halogens is 1. The minimum Gasteiger partial charge on any atom is -0.496 e. The highest BCUT2D eigenvalue weighted by Gasteiger charge is 2.28. The van der Waals surface area contributed by atoms with E-state index in [0.717, 1.165) is 29.0 Å². The number of methoxy groups -OCH3 is 1. The first-order valence-corrected chi connectivity index (χ1v) is 10.8. The summed E-state index contributed by atoms with van der Waals surface area (Å²) >= 11 is 0. The molecule has 0 radical (unpaired) electrons. The summed E-state index contributed by atoms with van der Waals surface area (Å²) in [5.74, 6) is 1.33. The maximum Gasteiger partial charge on any atom is 0.236 e. The lowest BCUT2D eigenvalue weighted by molar-refractivity contribution is 0.409. The molecule has 0 saturated carbocycles. The molecule has 2 aromatic rings. The zero-order valence-electron chi connectivity index (χ0n) is 16.6. The normalized spacial score (nSPS) is 13.4. The Morgan fingerprint density at radius 1 is 1.14 bits per heavy atom. The molecule has 7 nitrogen and oxygen atoms in total. The molecule has 0 aromatic heterocycles. The van der Waals surface area contributed by atoms with Gasteiger partial charge in [0.15, 0.2) is 5.96 Å². The number of nitrogens with zero attached hydrogens (tertiary/aromatic N) is 2. The summed E-state index contributed by atoms with van der Waals surface area (Å²) < 4.78 is 32.3. The van der Waals surface area contributed by atoms with Crippen molar-refractivity contribution in [1.82, 2.24) is 10.6 Å². The first-order valence-electron chi connectivity index (χ1n) is 9.20. The van der Waals surface area contributed by atoms with Gasteiger partial charge in [-0.15, -0.1) is 24.0 Å². The van der Waals surface area contributed by atoms with Gasteiger partial charge in [0.05, 0.1) is 18.6 Å². The van der Waals surface area contributed by atoms with Crippen LogP contribution in [0.3, 0.4) is 0 Å². The maximum atomic E-state index is 12.7. The molecule has 0 spiro atoms. The van der Waals surface area contributed by atoms with Crippen LogP contribution in [-0.2, 0) is 23.0 Å². The van der Waals surface area contributed by atoms with Crippen molar-refractivity contribution in [3.8, 4) is 5.75 Å². The third-order valence-corrected chi connectivity index (χ3v) is 6.47. The zero-order chi connectivity index (χ0) is 20.0. The van der Waals surface area contributed by atoms with Gasteiger partial charge in [-0.25, -0.2) is 8.42 Å². The molecule has 0 saturated heterocycles. The number of rotatable bonds is 7. The minimum absolute atomic E-state index is 0. The molecule has 0 amide bonds. The number of nitrogens with one attached hydrogen (secondary N) is 2. The number of guanidine groups is 1. The fourth-order valence-electron chi connectivity index (χ4n) is 3.25. The van der Waals surface area contributed by atoms with Crippen molar-refractivity contribution in [3.63, 3.8) is 0 Å². The Kier molecular flexibility index (Phi) is 8.57. The lowest BCUT2D eigenvalue weighted by Crippen LogP contribution is -2.41. The second-order valence-corrected chi connectivity index (χ2v) is 8.44. The SMILES string of the molecule is CN=C(NCCS(=O)(=O)N1CCc2ccccc21)NCc1ccccc1OC.I. The Labute approximate surface area is 189 Å². The summed E-state index contributed by atoms with van der Waals surface area (Å²) in [6.07, 6.45) is 0.755. The average molecular weight is 530 g/mol. The predicted octanol–water partition coefficient (Wildman–Crippen LogP) is 2.37. The van der Waals surface area contributed by atoms with Crippen LogP contribution < -0.4 is 19.7 Å². The van der Waals surface area contributed by atoms with Crippen LogP contribution in [0.15, 0.2) is 53.5 Å². The molecule has 1 aliphatic rings. The number of benzene rings is 2. The van der Waals surface area contributed by atoms with Crippen molar-refractivity contribution in [1.29, 1.82) is 0 Å². The average Bonchev–Trinajstić information content (AvgIpc) is 3.16. The van der Waals surface area contributed by atoms with Gasteiger partial charge in [0.25, 0.3) is 0 Å². The van der Waals surface area contributed by atoms with Gasteiger partial charge in [-0.2, -0.15) is 0 Å². The van der Waals surface area contributed by atoms with E-state index in [1.807, 2.05) is 48.5 Å². The van der Waals surface area contributed by atoms with Crippen molar-refractivity contribution >= 4 is 45.6 Å². The highest BCUT2D eigenvalue weighted by atomic mass is 127. The van der Waals surface area contributed by atoms with Gasteiger partial charge in [-0.3, -0.25) is 9.30 Å². The largest absolute Gasteiger partial charge is 0.496 e. The molecule has 0 aliphatic carbocycles. The van der Waals surface area contributed by atoms with Crippen molar-refractivity contribution < 1.29 is 13.2 Å². The number of anilines is 1. The Hall–Kier alpha value is -2.01. The summed E-state index contributed by atoms with van der Waals surface area (Å²) in [5.41, 5.74) is 2.86. The Morgan fingerprint density at radius 3 is 2.62 bits per heavy atom. The third-order valence-electron chi connectivity index (χ3n) is 4.70. The molecule has 2 aromatic carbocycles. The Morgan fingerprint density at radius 2 is 1.86 bits per heavy atom. The van der Waals surface area contributed by atoms with E-state index in [4.69, 9.17) is 4.74 Å². The molecule has 2 N–H and O–H groups in total. The molecule has 0 unspecified atom stereocenters. The molecule has 1 heterocycles. The van der Waals surface area contributed by atoms with Crippen molar-refractivity contribution in [2.45, 2.75) is 13.0 Å². The zero-order valence-corrected chi connectivity index (χ0v) is 19.7. The van der Waals surface area contributed by atoms with E-state index < -0.39 is 10.0 Å². The number of hydrogen-bond acceptors (Lipinski definition) is 4. The molecule has 158 valence electrons. The van der Waals surface area contributed by atoms with Crippen LogP contribution in [-0.4, -0.2) is 47.4 Å². The van der Waals surface area contributed by atoms with Crippen LogP contribution in [0, 0.1) is 0 Å². The van der Waals surface area contributed by atoms with E-state index in [2.05, 4.69) is 15.6 Å². The van der Waals surface area contributed by atoms with E-state index in [9.17, 15) is 8.42 Å². The number of ether oxygens (including phenoxy) is 1. The summed E-state index contributed by atoms with van der Waals surface area (Å²) in [7, 11) is -0.0993. The van der Waals surface area contributed by atoms with E-state index in [1.54, 1.807) is 14.2 Å². The summed E-state index contributed by atoms with van der Waals surface area (Å²) in [6, 6.07) is 15.4. The first-order chi connectivity index (χ1) is 13.5. The van der Waals surface area contributed by atoms with Crippen LogP contribution in [0.4, 0.5) is 5.69 Å². The van der Waals surface area contributed by atoms with Crippen molar-refractivity contribution in [3.05, 3.63) is 59.7 Å². The van der Waals surface area contributed by atoms with Crippen LogP contribution in [0.25, 0.3) is 0 Å². The van der Waals surface area contributed by atoms with Gasteiger partial charge >= 0.3 is 0 Å². The lowest BCUT2D eigenvalue weighted by atomic mass is 10.2. The monoisotopic (exact) mass is 530 g/mol. The summed E-state index contributed by atoms with van der Waals surface area (Å²) in [4.78, 5) is 4.16. The van der Waals surface area contributed by atoms with Crippen LogP contribution in [0.1, 0.15) is 11.1 Å². The third kappa shape index (κ3) is 5.75. The first kappa shape index (κ1) is 23.3. The molecular weight excluding hydrogens is 503 g/mol. The lowest BCUT2D eigenvalue weighted by Gasteiger charge is -2.20. The number of hydrogen-bond donors (Lipinski definition) is 2. The van der Waals surface area contributed by atoms with E-state index >= 15 is 0 Å². The highest BCUT2D eigenvalue weighted by Crippen LogP contribution is 2.29. The second kappa shape index (κ2) is 10.7. The van der Waals surface area contributed by atoms with E-state index in [0.29, 0.717) is 19.0 Å². The van der Waals surface area contributed by atoms with Gasteiger partial charge in [-0.05, 0) is 24.1 Å². The van der Waals surface area contributed by atoms with Gasteiger partial charge in [0, 0.05) is 32.2 Å². The van der Waals surface area contributed by atoms with Gasteiger partial charge in [0.2, 0.25) is 10.0 Å². The quantitative estimate of drug-likeness (QED) is 0.327. The maximum absolute atomic E-state index is 12.7. The van der Waals surface area contributed by atoms with Crippen molar-refractivity contribution in [2.24, 2.45) is 4.99 Å². The number of para-hydroxylation sites is 2. The number of aliphatic imine (C=N–C) groups is 1. The topological polar surface area (TPSA) is 83.0 Å². The molecular formula is C20H27IN4O3S. The van der Waals surface area contributed by atoms with Gasteiger partial charge in [0.1, 0.15) is 5.75 Å². The van der Waals surface area contributed by atoms with E-state index in [1.165, 1.54) is 4.31 Å². The molecule has 1 aliphatic heterocycles. The van der Waals surface area contributed by atoms with Crippen LogP contribution in [0.5, 0.6) is 5.75 Å². The van der Waals surface area contributed by atoms with Crippen LogP contribution >= 0.6 is 24.0 Å². The molecule has 29 heavy (non-hydrogen) atoms. The fourth-order valence-corrected chi connectivity index (χ4v) is 4.68. The number of sulfonamides is 1.